The molecular weight excluding hydrogens is 226 g/mol. The third-order valence-electron chi connectivity index (χ3n) is 2.74. The molecule has 0 aliphatic heterocycles. The minimum atomic E-state index is -0.416. The maximum Gasteiger partial charge on any atom is 0.0897 e. The van der Waals surface area contributed by atoms with Crippen LogP contribution in [0.2, 0.25) is 0 Å². The second kappa shape index (κ2) is 8.13. The van der Waals surface area contributed by atoms with Gasteiger partial charge in [-0.1, -0.05) is 34.1 Å². The number of ether oxygens (including phenoxy) is 1. The van der Waals surface area contributed by atoms with Crippen molar-refractivity contribution in [2.45, 2.75) is 72.4 Å². The van der Waals surface area contributed by atoms with Crippen LogP contribution in [-0.4, -0.2) is 36.5 Å². The molecule has 110 valence electrons. The lowest BCUT2D eigenvalue weighted by molar-refractivity contribution is 0.0311. The molecule has 0 aliphatic carbocycles. The van der Waals surface area contributed by atoms with Gasteiger partial charge in [-0.05, 0) is 32.1 Å². The molecule has 1 unspecified atom stereocenters. The van der Waals surface area contributed by atoms with Crippen LogP contribution in [0.25, 0.3) is 0 Å². The summed E-state index contributed by atoms with van der Waals surface area (Å²) in [5.41, 5.74) is 0.335. The first-order valence-electron chi connectivity index (χ1n) is 7.17. The third kappa shape index (κ3) is 11.0. The third-order valence-corrected chi connectivity index (χ3v) is 2.74. The van der Waals surface area contributed by atoms with Crippen molar-refractivity contribution in [1.29, 1.82) is 0 Å². The summed E-state index contributed by atoms with van der Waals surface area (Å²) in [5.74, 6) is 0. The fourth-order valence-corrected chi connectivity index (χ4v) is 2.31. The second-order valence-corrected chi connectivity index (χ2v) is 7.08. The molecule has 0 radical (unpaired) electrons. The van der Waals surface area contributed by atoms with Gasteiger partial charge in [0.1, 0.15) is 0 Å². The van der Waals surface area contributed by atoms with Crippen molar-refractivity contribution in [2.75, 3.05) is 19.8 Å². The zero-order valence-corrected chi connectivity index (χ0v) is 13.2. The lowest BCUT2D eigenvalue weighted by atomic mass is 9.82. The highest BCUT2D eigenvalue weighted by atomic mass is 16.5. The highest BCUT2D eigenvalue weighted by Gasteiger charge is 2.25. The van der Waals surface area contributed by atoms with Crippen LogP contribution in [0.15, 0.2) is 0 Å². The van der Waals surface area contributed by atoms with Gasteiger partial charge in [0.2, 0.25) is 0 Å². The number of nitrogens with one attached hydrogen (secondary N) is 1. The molecule has 0 amide bonds. The number of aliphatic hydroxyl groups excluding tert-OH is 1. The molecule has 0 spiro atoms. The van der Waals surface area contributed by atoms with E-state index in [1.165, 1.54) is 0 Å². The van der Waals surface area contributed by atoms with Gasteiger partial charge in [-0.25, -0.2) is 0 Å². The first kappa shape index (κ1) is 17.9. The molecule has 0 bridgehead atoms. The number of rotatable bonds is 9. The molecule has 3 heteroatoms. The van der Waals surface area contributed by atoms with E-state index in [-0.39, 0.29) is 5.54 Å². The van der Waals surface area contributed by atoms with Gasteiger partial charge in [0.25, 0.3) is 0 Å². The lowest BCUT2D eigenvalue weighted by Crippen LogP contribution is -2.46. The van der Waals surface area contributed by atoms with Crippen LogP contribution in [0.5, 0.6) is 0 Å². The first-order valence-corrected chi connectivity index (χ1v) is 7.17. The number of aliphatic hydroxyl groups is 1. The maximum absolute atomic E-state index is 9.82. The molecular formula is C15H33NO2. The normalized spacial score (nSPS) is 14.8. The van der Waals surface area contributed by atoms with Crippen molar-refractivity contribution in [1.82, 2.24) is 5.32 Å². The van der Waals surface area contributed by atoms with Crippen molar-refractivity contribution < 1.29 is 9.84 Å². The van der Waals surface area contributed by atoms with E-state index in [1.54, 1.807) is 0 Å². The van der Waals surface area contributed by atoms with Crippen molar-refractivity contribution in [2.24, 2.45) is 5.41 Å². The minimum Gasteiger partial charge on any atom is -0.389 e. The molecule has 0 saturated carbocycles. The molecule has 0 aliphatic rings. The Labute approximate surface area is 113 Å². The average molecular weight is 259 g/mol. The van der Waals surface area contributed by atoms with E-state index in [0.717, 1.165) is 25.9 Å². The van der Waals surface area contributed by atoms with Crippen LogP contribution < -0.4 is 5.32 Å². The van der Waals surface area contributed by atoms with E-state index in [9.17, 15) is 5.11 Å². The summed E-state index contributed by atoms with van der Waals surface area (Å²) in [6, 6.07) is 0. The van der Waals surface area contributed by atoms with Gasteiger partial charge < -0.3 is 15.2 Å². The van der Waals surface area contributed by atoms with Crippen LogP contribution in [0.4, 0.5) is 0 Å². The van der Waals surface area contributed by atoms with Gasteiger partial charge in [0, 0.05) is 18.7 Å². The topological polar surface area (TPSA) is 41.5 Å². The van der Waals surface area contributed by atoms with E-state index < -0.39 is 6.10 Å². The molecule has 0 aromatic heterocycles. The van der Waals surface area contributed by atoms with Gasteiger partial charge in [0.15, 0.2) is 0 Å². The van der Waals surface area contributed by atoms with Crippen LogP contribution in [-0.2, 0) is 4.74 Å². The average Bonchev–Trinajstić information content (AvgIpc) is 2.18. The summed E-state index contributed by atoms with van der Waals surface area (Å²) >= 11 is 0. The summed E-state index contributed by atoms with van der Waals surface area (Å²) in [6.45, 7) is 15.0. The Morgan fingerprint density at radius 1 is 1.17 bits per heavy atom. The summed E-state index contributed by atoms with van der Waals surface area (Å²) < 4.78 is 5.41. The van der Waals surface area contributed by atoms with Crippen LogP contribution in [0.1, 0.15) is 60.8 Å². The van der Waals surface area contributed by atoms with Crippen LogP contribution in [0.3, 0.4) is 0 Å². The minimum absolute atomic E-state index is 0.0443. The summed E-state index contributed by atoms with van der Waals surface area (Å²) in [5, 5.41) is 13.2. The van der Waals surface area contributed by atoms with Gasteiger partial charge in [0.05, 0.1) is 12.7 Å². The molecule has 0 saturated heterocycles. The largest absolute Gasteiger partial charge is 0.389 e. The van der Waals surface area contributed by atoms with E-state index >= 15 is 0 Å². The van der Waals surface area contributed by atoms with E-state index in [0.29, 0.717) is 18.6 Å². The molecule has 3 nitrogen and oxygen atoms in total. The smallest absolute Gasteiger partial charge is 0.0897 e. The Morgan fingerprint density at radius 3 is 2.28 bits per heavy atom. The molecule has 0 heterocycles. The van der Waals surface area contributed by atoms with E-state index in [1.807, 2.05) is 0 Å². The number of hydrogen-bond donors (Lipinski definition) is 2. The predicted octanol–water partition coefficient (Wildman–Crippen LogP) is 2.97. The first-order chi connectivity index (χ1) is 8.16. The van der Waals surface area contributed by atoms with Gasteiger partial charge >= 0.3 is 0 Å². The number of hydrogen-bond acceptors (Lipinski definition) is 3. The van der Waals surface area contributed by atoms with Crippen LogP contribution in [0, 0.1) is 5.41 Å². The zero-order chi connectivity index (χ0) is 14.2. The Bertz CT molecular complexity index is 209. The molecule has 2 N–H and O–H groups in total. The van der Waals surface area contributed by atoms with Gasteiger partial charge in [-0.2, -0.15) is 0 Å². The van der Waals surface area contributed by atoms with E-state index in [2.05, 4.69) is 46.9 Å². The molecule has 0 aromatic carbocycles. The highest BCUT2D eigenvalue weighted by Crippen LogP contribution is 2.26. The lowest BCUT2D eigenvalue weighted by Gasteiger charge is -2.34. The standard InChI is InChI=1S/C15H33NO2/c1-7-8-9-18-11-13(17)10-16-15(5,6)12-14(2,3)4/h13,16-17H,7-12H2,1-6H3. The number of β-amino-alcohol motifs (C(OH)–C–C–N with tert-alkyl or cyclic N) is 1. The van der Waals surface area contributed by atoms with Gasteiger partial charge in [-0.15, -0.1) is 0 Å². The maximum atomic E-state index is 9.82. The molecule has 0 rings (SSSR count). The highest BCUT2D eigenvalue weighted by molar-refractivity contribution is 4.84. The second-order valence-electron chi connectivity index (χ2n) is 7.08. The summed E-state index contributed by atoms with van der Waals surface area (Å²) in [4.78, 5) is 0. The molecule has 0 aromatic rings. The van der Waals surface area contributed by atoms with Crippen molar-refractivity contribution in [3.05, 3.63) is 0 Å². The Morgan fingerprint density at radius 2 is 1.78 bits per heavy atom. The fourth-order valence-electron chi connectivity index (χ4n) is 2.31. The summed E-state index contributed by atoms with van der Waals surface area (Å²) in [7, 11) is 0. The monoisotopic (exact) mass is 259 g/mol. The number of unbranched alkanes of at least 4 members (excludes halogenated alkanes) is 1. The van der Waals surface area contributed by atoms with E-state index in [4.69, 9.17) is 4.74 Å². The van der Waals surface area contributed by atoms with Crippen molar-refractivity contribution >= 4 is 0 Å². The SMILES string of the molecule is CCCCOCC(O)CNC(C)(C)CC(C)(C)C. The Balaban J connectivity index is 3.79. The summed E-state index contributed by atoms with van der Waals surface area (Å²) in [6.07, 6.45) is 2.85. The predicted molar refractivity (Wildman–Crippen MR) is 77.9 cm³/mol. The molecule has 1 atom stereocenters. The fraction of sp³-hybridized carbons (Fsp3) is 1.00. The van der Waals surface area contributed by atoms with Crippen molar-refractivity contribution in [3.63, 3.8) is 0 Å². The molecule has 18 heavy (non-hydrogen) atoms. The quantitative estimate of drug-likeness (QED) is 0.626. The van der Waals surface area contributed by atoms with Crippen molar-refractivity contribution in [3.8, 4) is 0 Å². The molecule has 0 fully saturated rings. The Hall–Kier alpha value is -0.120. The Kier molecular flexibility index (Phi) is 8.08. The van der Waals surface area contributed by atoms with Crippen LogP contribution >= 0.6 is 0 Å². The van der Waals surface area contributed by atoms with Gasteiger partial charge in [-0.3, -0.25) is 0 Å². The zero-order valence-electron chi connectivity index (χ0n) is 13.2.